The van der Waals surface area contributed by atoms with Gasteiger partial charge in [0.1, 0.15) is 5.82 Å². The van der Waals surface area contributed by atoms with Gasteiger partial charge >= 0.3 is 0 Å². The maximum Gasteiger partial charge on any atom is 0.128 e. The van der Waals surface area contributed by atoms with E-state index < -0.39 is 0 Å². The molecule has 0 radical (unpaired) electrons. The van der Waals surface area contributed by atoms with E-state index >= 15 is 0 Å². The Balaban J connectivity index is 2.36. The molecule has 0 amide bonds. The third kappa shape index (κ3) is 2.82. The molecule has 0 spiro atoms. The second-order valence-electron chi connectivity index (χ2n) is 4.65. The van der Waals surface area contributed by atoms with Crippen molar-refractivity contribution in [3.8, 4) is 0 Å². The Bertz CT molecular complexity index is 527. The Morgan fingerprint density at radius 3 is 2.72 bits per heavy atom. The first-order valence-corrected chi connectivity index (χ1v) is 7.40. The van der Waals surface area contributed by atoms with Gasteiger partial charge in [0.15, 0.2) is 0 Å². The summed E-state index contributed by atoms with van der Waals surface area (Å²) < 4.78 is 14.8. The Hall–Kier alpha value is -0.710. The van der Waals surface area contributed by atoms with Crippen molar-refractivity contribution in [2.75, 3.05) is 6.54 Å². The van der Waals surface area contributed by atoms with Gasteiger partial charge in [-0.25, -0.2) is 4.39 Å². The van der Waals surface area contributed by atoms with Gasteiger partial charge in [0.25, 0.3) is 0 Å². The third-order valence-corrected chi connectivity index (χ3v) is 4.55. The predicted octanol–water partition coefficient (Wildman–Crippen LogP) is 4.11. The number of halogens is 2. The van der Waals surface area contributed by atoms with Crippen LogP contribution in [0.5, 0.6) is 0 Å². The molecule has 2 rings (SSSR count). The largest absolute Gasteiger partial charge is 0.330 e. The summed E-state index contributed by atoms with van der Waals surface area (Å²) in [5.41, 5.74) is 6.21. The van der Waals surface area contributed by atoms with Crippen LogP contribution < -0.4 is 5.73 Å². The van der Waals surface area contributed by atoms with Crippen molar-refractivity contribution in [3.63, 3.8) is 0 Å². The highest BCUT2D eigenvalue weighted by Gasteiger charge is 2.28. The molecule has 0 saturated heterocycles. The van der Waals surface area contributed by atoms with Crippen LogP contribution in [0.1, 0.15) is 17.4 Å². The molecule has 0 aliphatic heterocycles. The van der Waals surface area contributed by atoms with E-state index in [1.165, 1.54) is 10.9 Å². The summed E-state index contributed by atoms with van der Waals surface area (Å²) >= 11 is 4.96. The van der Waals surface area contributed by atoms with E-state index in [0.29, 0.717) is 12.1 Å². The van der Waals surface area contributed by atoms with Gasteiger partial charge in [0.2, 0.25) is 0 Å². The topological polar surface area (TPSA) is 26.0 Å². The molecule has 0 bridgehead atoms. The molecular weight excluding hydrogens is 313 g/mol. The van der Waals surface area contributed by atoms with Crippen LogP contribution in [0.25, 0.3) is 0 Å². The van der Waals surface area contributed by atoms with Crippen molar-refractivity contribution in [1.29, 1.82) is 0 Å². The summed E-state index contributed by atoms with van der Waals surface area (Å²) in [6, 6.07) is 9.25. The summed E-state index contributed by atoms with van der Waals surface area (Å²) in [4.78, 5) is 1.23. The number of nitrogens with two attached hydrogens (primary N) is 1. The number of benzene rings is 1. The summed E-state index contributed by atoms with van der Waals surface area (Å²) in [6.07, 6.45) is 0.764. The fraction of sp³-hybridized carbons (Fsp3) is 0.286. The van der Waals surface area contributed by atoms with E-state index in [-0.39, 0.29) is 11.2 Å². The van der Waals surface area contributed by atoms with Crippen molar-refractivity contribution in [3.05, 3.63) is 56.4 Å². The van der Waals surface area contributed by atoms with Crippen LogP contribution in [0, 0.1) is 5.82 Å². The first-order valence-electron chi connectivity index (χ1n) is 5.73. The molecule has 0 aliphatic carbocycles. The lowest BCUT2D eigenvalue weighted by atomic mass is 9.79. The first kappa shape index (κ1) is 13.7. The van der Waals surface area contributed by atoms with Gasteiger partial charge in [0, 0.05) is 21.3 Å². The summed E-state index contributed by atoms with van der Waals surface area (Å²) in [5.74, 6) is -0.200. The Morgan fingerprint density at radius 2 is 2.17 bits per heavy atom. The standard InChI is InChI=1S/C14H15BrFNS/c1-14(9-17,8-11-3-2-6-18-11)12-5-4-10(15)7-13(12)16/h2-7H,8-9,17H2,1H3. The number of hydrogen-bond acceptors (Lipinski definition) is 2. The summed E-state index contributed by atoms with van der Waals surface area (Å²) in [6.45, 7) is 2.43. The number of hydrogen-bond donors (Lipinski definition) is 1. The van der Waals surface area contributed by atoms with E-state index in [0.717, 1.165) is 10.9 Å². The lowest BCUT2D eigenvalue weighted by Gasteiger charge is -2.28. The van der Waals surface area contributed by atoms with Gasteiger partial charge in [-0.05, 0) is 35.6 Å². The molecule has 2 N–H and O–H groups in total. The molecule has 4 heteroatoms. The fourth-order valence-electron chi connectivity index (χ4n) is 2.05. The van der Waals surface area contributed by atoms with Crippen LogP contribution in [0.3, 0.4) is 0 Å². The SMILES string of the molecule is CC(CN)(Cc1cccs1)c1ccc(Br)cc1F. The van der Waals surface area contributed by atoms with Crippen molar-refractivity contribution in [1.82, 2.24) is 0 Å². The highest BCUT2D eigenvalue weighted by atomic mass is 79.9. The van der Waals surface area contributed by atoms with Crippen molar-refractivity contribution in [2.45, 2.75) is 18.8 Å². The van der Waals surface area contributed by atoms with Crippen molar-refractivity contribution < 1.29 is 4.39 Å². The van der Waals surface area contributed by atoms with Crippen LogP contribution in [-0.2, 0) is 11.8 Å². The normalized spacial score (nSPS) is 14.4. The quantitative estimate of drug-likeness (QED) is 0.898. The minimum absolute atomic E-state index is 0.200. The second-order valence-corrected chi connectivity index (χ2v) is 6.59. The van der Waals surface area contributed by atoms with Crippen LogP contribution in [0.15, 0.2) is 40.2 Å². The molecule has 1 aromatic carbocycles. The Labute approximate surface area is 119 Å². The summed E-state index contributed by atoms with van der Waals surface area (Å²) in [5, 5.41) is 2.03. The highest BCUT2D eigenvalue weighted by molar-refractivity contribution is 9.10. The van der Waals surface area contributed by atoms with E-state index in [1.807, 2.05) is 30.5 Å². The molecule has 96 valence electrons. The molecular formula is C14H15BrFNS. The maximum absolute atomic E-state index is 14.1. The molecule has 18 heavy (non-hydrogen) atoms. The first-order chi connectivity index (χ1) is 8.55. The lowest BCUT2D eigenvalue weighted by Crippen LogP contribution is -2.34. The van der Waals surface area contributed by atoms with Gasteiger partial charge in [-0.1, -0.05) is 35.0 Å². The smallest absolute Gasteiger partial charge is 0.128 e. The zero-order valence-corrected chi connectivity index (χ0v) is 12.5. The second kappa shape index (κ2) is 5.51. The molecule has 0 aliphatic rings. The molecule has 0 saturated carbocycles. The average Bonchev–Trinajstić information content (AvgIpc) is 2.81. The van der Waals surface area contributed by atoms with Crippen LogP contribution in [0.2, 0.25) is 0 Å². The molecule has 1 nitrogen and oxygen atoms in total. The molecule has 1 heterocycles. The molecule has 2 aromatic rings. The van der Waals surface area contributed by atoms with E-state index in [4.69, 9.17) is 5.73 Å². The predicted molar refractivity (Wildman–Crippen MR) is 78.5 cm³/mol. The molecule has 1 atom stereocenters. The van der Waals surface area contributed by atoms with E-state index in [2.05, 4.69) is 22.0 Å². The van der Waals surface area contributed by atoms with Crippen molar-refractivity contribution in [2.24, 2.45) is 5.73 Å². The van der Waals surface area contributed by atoms with E-state index in [9.17, 15) is 4.39 Å². The van der Waals surface area contributed by atoms with Crippen LogP contribution >= 0.6 is 27.3 Å². The lowest BCUT2D eigenvalue weighted by molar-refractivity contribution is 0.452. The third-order valence-electron chi connectivity index (χ3n) is 3.18. The monoisotopic (exact) mass is 327 g/mol. The number of thiophene rings is 1. The van der Waals surface area contributed by atoms with E-state index in [1.54, 1.807) is 11.3 Å². The van der Waals surface area contributed by atoms with Gasteiger partial charge in [0.05, 0.1) is 0 Å². The number of rotatable bonds is 4. The minimum Gasteiger partial charge on any atom is -0.330 e. The maximum atomic E-state index is 14.1. The van der Waals surface area contributed by atoms with Gasteiger partial charge < -0.3 is 5.73 Å². The Kier molecular flexibility index (Phi) is 4.20. The fourth-order valence-corrected chi connectivity index (χ4v) is 3.28. The average molecular weight is 328 g/mol. The highest BCUT2D eigenvalue weighted by Crippen LogP contribution is 2.32. The Morgan fingerprint density at radius 1 is 1.39 bits per heavy atom. The zero-order chi connectivity index (χ0) is 13.2. The molecule has 1 aromatic heterocycles. The molecule has 0 fully saturated rings. The van der Waals surface area contributed by atoms with Crippen LogP contribution in [0.4, 0.5) is 4.39 Å². The summed E-state index contributed by atoms with van der Waals surface area (Å²) in [7, 11) is 0. The van der Waals surface area contributed by atoms with Gasteiger partial charge in [-0.2, -0.15) is 0 Å². The molecule has 1 unspecified atom stereocenters. The van der Waals surface area contributed by atoms with Crippen LogP contribution in [-0.4, -0.2) is 6.54 Å². The van der Waals surface area contributed by atoms with Crippen molar-refractivity contribution >= 4 is 27.3 Å². The zero-order valence-electron chi connectivity index (χ0n) is 10.1. The minimum atomic E-state index is -0.365. The van der Waals surface area contributed by atoms with Gasteiger partial charge in [-0.15, -0.1) is 11.3 Å². The van der Waals surface area contributed by atoms with Gasteiger partial charge in [-0.3, -0.25) is 0 Å².